The summed E-state index contributed by atoms with van der Waals surface area (Å²) in [6.45, 7) is 0. The standard InChI is InChI=1S/C10H12N2O2/c11-6-3-1-5-2-4-7(13)9(8(5)6)10(12)14/h2,4,6,13H,1,3,11H2,(H2,12,14)/t6-/m1/s1. The van der Waals surface area contributed by atoms with Crippen LogP contribution in [-0.4, -0.2) is 11.0 Å². The second kappa shape index (κ2) is 2.99. The zero-order chi connectivity index (χ0) is 10.3. The molecule has 1 aromatic rings. The topological polar surface area (TPSA) is 89.3 Å². The number of primary amides is 1. The van der Waals surface area contributed by atoms with E-state index >= 15 is 0 Å². The molecule has 0 unspecified atom stereocenters. The van der Waals surface area contributed by atoms with Gasteiger partial charge in [0.1, 0.15) is 5.75 Å². The highest BCUT2D eigenvalue weighted by Crippen LogP contribution is 2.35. The third-order valence-electron chi connectivity index (χ3n) is 2.66. The first-order chi connectivity index (χ1) is 6.61. The van der Waals surface area contributed by atoms with E-state index in [-0.39, 0.29) is 17.4 Å². The molecular formula is C10H12N2O2. The monoisotopic (exact) mass is 192 g/mol. The molecule has 0 spiro atoms. The lowest BCUT2D eigenvalue weighted by atomic mass is 10.00. The second-order valence-electron chi connectivity index (χ2n) is 3.54. The molecule has 0 radical (unpaired) electrons. The Hall–Kier alpha value is -1.55. The minimum Gasteiger partial charge on any atom is -0.507 e. The van der Waals surface area contributed by atoms with Gasteiger partial charge in [-0.05, 0) is 30.0 Å². The molecule has 1 aromatic carbocycles. The lowest BCUT2D eigenvalue weighted by Gasteiger charge is -2.10. The number of hydrogen-bond donors (Lipinski definition) is 3. The SMILES string of the molecule is NC(=O)c1c(O)ccc2c1[C@H](N)CC2. The minimum atomic E-state index is -0.614. The fourth-order valence-corrected chi connectivity index (χ4v) is 2.01. The van der Waals surface area contributed by atoms with Crippen LogP contribution in [0.3, 0.4) is 0 Å². The van der Waals surface area contributed by atoms with Crippen LogP contribution in [0.15, 0.2) is 12.1 Å². The summed E-state index contributed by atoms with van der Waals surface area (Å²) in [5, 5.41) is 9.51. The molecule has 0 aliphatic heterocycles. The summed E-state index contributed by atoms with van der Waals surface area (Å²) in [4.78, 5) is 11.1. The molecule has 1 amide bonds. The second-order valence-corrected chi connectivity index (χ2v) is 3.54. The highest BCUT2D eigenvalue weighted by atomic mass is 16.3. The van der Waals surface area contributed by atoms with Gasteiger partial charge in [0.2, 0.25) is 0 Å². The largest absolute Gasteiger partial charge is 0.507 e. The van der Waals surface area contributed by atoms with E-state index in [2.05, 4.69) is 0 Å². The van der Waals surface area contributed by atoms with Crippen molar-refractivity contribution in [3.63, 3.8) is 0 Å². The zero-order valence-electron chi connectivity index (χ0n) is 7.66. The number of carbonyl (C=O) groups excluding carboxylic acids is 1. The number of benzene rings is 1. The molecule has 0 heterocycles. The number of carbonyl (C=O) groups is 1. The Labute approximate surface area is 81.5 Å². The minimum absolute atomic E-state index is 0.0754. The van der Waals surface area contributed by atoms with Crippen molar-refractivity contribution in [3.8, 4) is 5.75 Å². The van der Waals surface area contributed by atoms with Gasteiger partial charge >= 0.3 is 0 Å². The number of aryl methyl sites for hydroxylation is 1. The van der Waals surface area contributed by atoms with Crippen molar-refractivity contribution in [1.82, 2.24) is 0 Å². The summed E-state index contributed by atoms with van der Waals surface area (Å²) in [6, 6.07) is 3.11. The summed E-state index contributed by atoms with van der Waals surface area (Å²) in [5.41, 5.74) is 13.0. The van der Waals surface area contributed by atoms with E-state index < -0.39 is 5.91 Å². The number of phenols is 1. The van der Waals surface area contributed by atoms with Crippen molar-refractivity contribution in [2.24, 2.45) is 11.5 Å². The number of fused-ring (bicyclic) bond motifs is 1. The summed E-state index contributed by atoms with van der Waals surface area (Å²) >= 11 is 0. The third kappa shape index (κ3) is 1.15. The summed E-state index contributed by atoms with van der Waals surface area (Å²) < 4.78 is 0. The number of amides is 1. The van der Waals surface area contributed by atoms with E-state index in [1.165, 1.54) is 6.07 Å². The predicted octanol–water partition coefficient (Wildman–Crippen LogP) is 0.437. The first kappa shape index (κ1) is 9.02. The predicted molar refractivity (Wildman–Crippen MR) is 51.9 cm³/mol. The third-order valence-corrected chi connectivity index (χ3v) is 2.66. The van der Waals surface area contributed by atoms with Crippen LogP contribution in [0.25, 0.3) is 0 Å². The maximum absolute atomic E-state index is 11.1. The van der Waals surface area contributed by atoms with Crippen LogP contribution < -0.4 is 11.5 Å². The Morgan fingerprint density at radius 3 is 2.86 bits per heavy atom. The van der Waals surface area contributed by atoms with E-state index in [9.17, 15) is 9.90 Å². The average molecular weight is 192 g/mol. The van der Waals surface area contributed by atoms with Gasteiger partial charge < -0.3 is 16.6 Å². The van der Waals surface area contributed by atoms with Crippen molar-refractivity contribution in [2.45, 2.75) is 18.9 Å². The van der Waals surface area contributed by atoms with Gasteiger partial charge in [-0.2, -0.15) is 0 Å². The van der Waals surface area contributed by atoms with Crippen LogP contribution in [0.2, 0.25) is 0 Å². The zero-order valence-corrected chi connectivity index (χ0v) is 7.66. The number of nitrogens with two attached hydrogens (primary N) is 2. The molecule has 1 aliphatic rings. The molecule has 5 N–H and O–H groups in total. The van der Waals surface area contributed by atoms with E-state index in [0.29, 0.717) is 0 Å². The van der Waals surface area contributed by atoms with Crippen molar-refractivity contribution in [2.75, 3.05) is 0 Å². The van der Waals surface area contributed by atoms with E-state index in [4.69, 9.17) is 11.5 Å². The van der Waals surface area contributed by atoms with Gasteiger partial charge in [0.25, 0.3) is 5.91 Å². The van der Waals surface area contributed by atoms with E-state index in [1.807, 2.05) is 0 Å². The number of aromatic hydroxyl groups is 1. The van der Waals surface area contributed by atoms with Crippen LogP contribution in [-0.2, 0) is 6.42 Å². The average Bonchev–Trinajstić information content (AvgIpc) is 2.47. The van der Waals surface area contributed by atoms with Crippen molar-refractivity contribution in [3.05, 3.63) is 28.8 Å². The molecule has 74 valence electrons. The smallest absolute Gasteiger partial charge is 0.252 e. The highest BCUT2D eigenvalue weighted by molar-refractivity contribution is 5.97. The van der Waals surface area contributed by atoms with Crippen LogP contribution in [0.4, 0.5) is 0 Å². The molecule has 1 atom stereocenters. The van der Waals surface area contributed by atoms with Gasteiger partial charge in [-0.1, -0.05) is 6.07 Å². The first-order valence-corrected chi connectivity index (χ1v) is 4.51. The summed E-state index contributed by atoms with van der Waals surface area (Å²) in [5.74, 6) is -0.690. The molecule has 0 saturated heterocycles. The molecule has 2 rings (SSSR count). The van der Waals surface area contributed by atoms with Crippen LogP contribution in [0, 0.1) is 0 Å². The van der Waals surface area contributed by atoms with Crippen LogP contribution >= 0.6 is 0 Å². The Kier molecular flexibility index (Phi) is 1.93. The van der Waals surface area contributed by atoms with Gasteiger partial charge in [-0.25, -0.2) is 0 Å². The molecule has 0 saturated carbocycles. The Balaban J connectivity index is 2.68. The lowest BCUT2D eigenvalue weighted by Crippen LogP contribution is -2.17. The van der Waals surface area contributed by atoms with Crippen molar-refractivity contribution in [1.29, 1.82) is 0 Å². The lowest BCUT2D eigenvalue weighted by molar-refractivity contribution is 0.0996. The number of rotatable bonds is 1. The number of hydrogen-bond acceptors (Lipinski definition) is 3. The normalized spacial score (nSPS) is 19.4. The van der Waals surface area contributed by atoms with Gasteiger partial charge in [-0.3, -0.25) is 4.79 Å². The van der Waals surface area contributed by atoms with E-state index in [0.717, 1.165) is 24.0 Å². The maximum Gasteiger partial charge on any atom is 0.252 e. The maximum atomic E-state index is 11.1. The molecule has 0 fully saturated rings. The Morgan fingerprint density at radius 1 is 1.50 bits per heavy atom. The quantitative estimate of drug-likeness (QED) is 0.603. The van der Waals surface area contributed by atoms with Gasteiger partial charge in [0, 0.05) is 6.04 Å². The molecule has 0 aromatic heterocycles. The highest BCUT2D eigenvalue weighted by Gasteiger charge is 2.26. The van der Waals surface area contributed by atoms with Gasteiger partial charge in [0.15, 0.2) is 0 Å². The molecule has 4 nitrogen and oxygen atoms in total. The molecule has 14 heavy (non-hydrogen) atoms. The van der Waals surface area contributed by atoms with Gasteiger partial charge in [0.05, 0.1) is 5.56 Å². The fourth-order valence-electron chi connectivity index (χ4n) is 2.01. The fraction of sp³-hybridized carbons (Fsp3) is 0.300. The Morgan fingerprint density at radius 2 is 2.21 bits per heavy atom. The Bertz CT molecular complexity index is 401. The molecule has 1 aliphatic carbocycles. The summed E-state index contributed by atoms with van der Waals surface area (Å²) in [6.07, 6.45) is 1.65. The molecule has 4 heteroatoms. The summed E-state index contributed by atoms with van der Waals surface area (Å²) in [7, 11) is 0. The van der Waals surface area contributed by atoms with Crippen LogP contribution in [0.1, 0.15) is 33.9 Å². The van der Waals surface area contributed by atoms with Crippen LogP contribution in [0.5, 0.6) is 5.75 Å². The van der Waals surface area contributed by atoms with Crippen molar-refractivity contribution < 1.29 is 9.90 Å². The van der Waals surface area contributed by atoms with E-state index in [1.54, 1.807) is 6.07 Å². The first-order valence-electron chi connectivity index (χ1n) is 4.51. The molecular weight excluding hydrogens is 180 g/mol. The van der Waals surface area contributed by atoms with Crippen molar-refractivity contribution >= 4 is 5.91 Å². The molecule has 0 bridgehead atoms. The van der Waals surface area contributed by atoms with Gasteiger partial charge in [-0.15, -0.1) is 0 Å².